The molecule has 2 aromatic carbocycles. The summed E-state index contributed by atoms with van der Waals surface area (Å²) in [5, 5.41) is 2.91. The van der Waals surface area contributed by atoms with Gasteiger partial charge in [0.05, 0.1) is 0 Å². The normalized spacial score (nSPS) is 10.2. The van der Waals surface area contributed by atoms with Crippen LogP contribution in [0.25, 0.3) is 0 Å². The van der Waals surface area contributed by atoms with Crippen molar-refractivity contribution in [2.24, 2.45) is 5.73 Å². The lowest BCUT2D eigenvalue weighted by Crippen LogP contribution is -2.16. The molecule has 21 heavy (non-hydrogen) atoms. The van der Waals surface area contributed by atoms with Gasteiger partial charge in [0.25, 0.3) is 5.91 Å². The highest BCUT2D eigenvalue weighted by Gasteiger charge is 2.12. The lowest BCUT2D eigenvalue weighted by molar-refractivity contribution is 0.102. The number of thiocarbonyl (C=S) groups is 1. The van der Waals surface area contributed by atoms with E-state index in [-0.39, 0.29) is 5.91 Å². The summed E-state index contributed by atoms with van der Waals surface area (Å²) in [4.78, 5) is 12.7. The second-order valence-corrected chi connectivity index (χ2v) is 6.16. The standard InChI is InChI=1S/C16H15BrN2OS/c1-9-4-6-12(17)8-13(9)16(20)19-14-7-11(15(18)21)5-3-10(14)2/h3-8H,1-2H3,(H2,18,21)(H,19,20). The van der Waals surface area contributed by atoms with Gasteiger partial charge in [-0.2, -0.15) is 0 Å². The molecule has 0 atom stereocenters. The van der Waals surface area contributed by atoms with E-state index in [0.717, 1.165) is 21.2 Å². The molecule has 0 aliphatic heterocycles. The summed E-state index contributed by atoms with van der Waals surface area (Å²) >= 11 is 8.35. The van der Waals surface area contributed by atoms with Gasteiger partial charge < -0.3 is 11.1 Å². The zero-order chi connectivity index (χ0) is 15.6. The monoisotopic (exact) mass is 362 g/mol. The first-order valence-corrected chi connectivity index (χ1v) is 7.56. The van der Waals surface area contributed by atoms with Crippen molar-refractivity contribution in [2.45, 2.75) is 13.8 Å². The van der Waals surface area contributed by atoms with Crippen LogP contribution in [0.5, 0.6) is 0 Å². The average molecular weight is 363 g/mol. The largest absolute Gasteiger partial charge is 0.389 e. The highest BCUT2D eigenvalue weighted by atomic mass is 79.9. The number of hydrogen-bond donors (Lipinski definition) is 2. The Morgan fingerprint density at radius 3 is 2.48 bits per heavy atom. The number of anilines is 1. The van der Waals surface area contributed by atoms with Crippen molar-refractivity contribution in [2.75, 3.05) is 5.32 Å². The van der Waals surface area contributed by atoms with Gasteiger partial charge in [0.1, 0.15) is 4.99 Å². The lowest BCUT2D eigenvalue weighted by Gasteiger charge is -2.12. The molecule has 0 saturated heterocycles. The third-order valence-corrected chi connectivity index (χ3v) is 3.94. The third-order valence-electron chi connectivity index (χ3n) is 3.21. The van der Waals surface area contributed by atoms with Crippen LogP contribution in [0.1, 0.15) is 27.0 Å². The number of aryl methyl sites for hydroxylation is 2. The molecule has 0 aliphatic carbocycles. The molecule has 3 nitrogen and oxygen atoms in total. The van der Waals surface area contributed by atoms with Crippen molar-refractivity contribution < 1.29 is 4.79 Å². The van der Waals surface area contributed by atoms with Gasteiger partial charge in [-0.05, 0) is 43.2 Å². The van der Waals surface area contributed by atoms with Crippen LogP contribution in [0.2, 0.25) is 0 Å². The molecule has 0 aliphatic rings. The number of halogens is 1. The molecule has 2 rings (SSSR count). The van der Waals surface area contributed by atoms with E-state index >= 15 is 0 Å². The topological polar surface area (TPSA) is 55.1 Å². The summed E-state index contributed by atoms with van der Waals surface area (Å²) < 4.78 is 0.867. The highest BCUT2D eigenvalue weighted by molar-refractivity contribution is 9.10. The van der Waals surface area contributed by atoms with Gasteiger partial charge in [0.2, 0.25) is 0 Å². The van der Waals surface area contributed by atoms with Crippen molar-refractivity contribution in [3.05, 3.63) is 63.1 Å². The van der Waals surface area contributed by atoms with Crippen molar-refractivity contribution in [3.8, 4) is 0 Å². The minimum Gasteiger partial charge on any atom is -0.389 e. The summed E-state index contributed by atoms with van der Waals surface area (Å²) in [5.74, 6) is -0.156. The van der Waals surface area contributed by atoms with Crippen LogP contribution in [0.3, 0.4) is 0 Å². The first kappa shape index (κ1) is 15.7. The second-order valence-electron chi connectivity index (χ2n) is 4.81. The number of carbonyl (C=O) groups excluding carboxylic acids is 1. The zero-order valence-electron chi connectivity index (χ0n) is 11.7. The van der Waals surface area contributed by atoms with Gasteiger partial charge in [-0.1, -0.05) is 46.3 Å². The van der Waals surface area contributed by atoms with Crippen LogP contribution in [-0.4, -0.2) is 10.9 Å². The summed E-state index contributed by atoms with van der Waals surface area (Å²) in [6.45, 7) is 3.83. The van der Waals surface area contributed by atoms with Crippen molar-refractivity contribution >= 4 is 44.7 Å². The molecular formula is C16H15BrN2OS. The predicted octanol–water partition coefficient (Wildman–Crippen LogP) is 3.95. The van der Waals surface area contributed by atoms with Gasteiger partial charge in [-0.25, -0.2) is 0 Å². The Morgan fingerprint density at radius 1 is 1.14 bits per heavy atom. The van der Waals surface area contributed by atoms with E-state index < -0.39 is 0 Å². The Kier molecular flexibility index (Phi) is 4.75. The average Bonchev–Trinajstić information content (AvgIpc) is 2.43. The molecule has 0 spiro atoms. The van der Waals surface area contributed by atoms with Crippen molar-refractivity contribution in [1.82, 2.24) is 0 Å². The Hall–Kier alpha value is -1.72. The number of amides is 1. The maximum atomic E-state index is 12.4. The van der Waals surface area contributed by atoms with Crippen LogP contribution in [0, 0.1) is 13.8 Å². The maximum Gasteiger partial charge on any atom is 0.255 e. The van der Waals surface area contributed by atoms with Crippen LogP contribution < -0.4 is 11.1 Å². The number of nitrogens with one attached hydrogen (secondary N) is 1. The fraction of sp³-hybridized carbons (Fsp3) is 0.125. The summed E-state index contributed by atoms with van der Waals surface area (Å²) in [5.41, 5.74) is 9.58. The molecule has 108 valence electrons. The number of hydrogen-bond acceptors (Lipinski definition) is 2. The van der Waals surface area contributed by atoms with Gasteiger partial charge >= 0.3 is 0 Å². The van der Waals surface area contributed by atoms with Crippen LogP contribution >= 0.6 is 28.1 Å². The Morgan fingerprint density at radius 2 is 1.81 bits per heavy atom. The van der Waals surface area contributed by atoms with Gasteiger partial charge in [0.15, 0.2) is 0 Å². The summed E-state index contributed by atoms with van der Waals surface area (Å²) in [6, 6.07) is 11.1. The van der Waals surface area contributed by atoms with E-state index in [1.54, 1.807) is 12.1 Å². The Balaban J connectivity index is 2.33. The van der Waals surface area contributed by atoms with E-state index in [0.29, 0.717) is 16.2 Å². The first-order chi connectivity index (χ1) is 9.88. The molecule has 5 heteroatoms. The van der Waals surface area contributed by atoms with Gasteiger partial charge in [0, 0.05) is 21.3 Å². The third kappa shape index (κ3) is 3.68. The van der Waals surface area contributed by atoms with Gasteiger partial charge in [-0.15, -0.1) is 0 Å². The number of benzene rings is 2. The highest BCUT2D eigenvalue weighted by Crippen LogP contribution is 2.21. The first-order valence-electron chi connectivity index (χ1n) is 6.36. The molecule has 1 amide bonds. The molecule has 0 fully saturated rings. The SMILES string of the molecule is Cc1ccc(C(N)=S)cc1NC(=O)c1cc(Br)ccc1C. The molecule has 0 saturated carbocycles. The molecule has 3 N–H and O–H groups in total. The van der Waals surface area contributed by atoms with E-state index in [4.69, 9.17) is 18.0 Å². The van der Waals surface area contributed by atoms with Crippen LogP contribution in [-0.2, 0) is 0 Å². The fourth-order valence-corrected chi connectivity index (χ4v) is 2.43. The molecule has 0 unspecified atom stereocenters. The summed E-state index contributed by atoms with van der Waals surface area (Å²) in [7, 11) is 0. The van der Waals surface area contributed by atoms with E-state index in [9.17, 15) is 4.79 Å². The minimum atomic E-state index is -0.156. The molecule has 0 radical (unpaired) electrons. The van der Waals surface area contributed by atoms with Crippen LogP contribution in [0.15, 0.2) is 40.9 Å². The fourth-order valence-electron chi connectivity index (χ4n) is 1.94. The quantitative estimate of drug-likeness (QED) is 0.812. The van der Waals surface area contributed by atoms with Gasteiger partial charge in [-0.3, -0.25) is 4.79 Å². The number of nitrogens with two attached hydrogens (primary N) is 1. The Labute approximate surface area is 137 Å². The maximum absolute atomic E-state index is 12.4. The molecule has 0 aromatic heterocycles. The minimum absolute atomic E-state index is 0.156. The smallest absolute Gasteiger partial charge is 0.255 e. The van der Waals surface area contributed by atoms with Crippen LogP contribution in [0.4, 0.5) is 5.69 Å². The molecular weight excluding hydrogens is 348 g/mol. The Bertz CT molecular complexity index is 728. The zero-order valence-corrected chi connectivity index (χ0v) is 14.1. The number of rotatable bonds is 3. The summed E-state index contributed by atoms with van der Waals surface area (Å²) in [6.07, 6.45) is 0. The lowest BCUT2D eigenvalue weighted by atomic mass is 10.1. The van der Waals surface area contributed by atoms with Crippen molar-refractivity contribution in [3.63, 3.8) is 0 Å². The molecule has 2 aromatic rings. The molecule has 0 bridgehead atoms. The van der Waals surface area contributed by atoms with Crippen molar-refractivity contribution in [1.29, 1.82) is 0 Å². The number of carbonyl (C=O) groups is 1. The molecule has 0 heterocycles. The van der Waals surface area contributed by atoms with E-state index in [1.807, 2.05) is 38.1 Å². The second kappa shape index (κ2) is 6.37. The predicted molar refractivity (Wildman–Crippen MR) is 93.9 cm³/mol. The van der Waals surface area contributed by atoms with E-state index in [1.165, 1.54) is 0 Å². The van der Waals surface area contributed by atoms with E-state index in [2.05, 4.69) is 21.2 Å².